The van der Waals surface area contributed by atoms with E-state index in [0.29, 0.717) is 0 Å². The van der Waals surface area contributed by atoms with Gasteiger partial charge in [-0.1, -0.05) is 0 Å². The molecular formula is C22H16O2Se2. The Kier molecular flexibility index (Phi) is 4.69. The third kappa shape index (κ3) is 2.90. The number of rotatable bonds is 4. The summed E-state index contributed by atoms with van der Waals surface area (Å²) in [5.41, 5.74) is 3.65. The van der Waals surface area contributed by atoms with Crippen LogP contribution in [0.3, 0.4) is 0 Å². The number of aryl methyl sites for hydroxylation is 2. The SMILES string of the molecule is Cc1c(C(=O)c2ccccc2)[se]c2[se]c(C(=O)c3ccccc3)c(C)c12. The first-order valence-electron chi connectivity index (χ1n) is 8.30. The van der Waals surface area contributed by atoms with Crippen molar-refractivity contribution in [3.8, 4) is 0 Å². The molecule has 0 atom stereocenters. The summed E-state index contributed by atoms with van der Waals surface area (Å²) in [5.74, 6) is 0.272. The van der Waals surface area contributed by atoms with Crippen molar-refractivity contribution in [3.05, 3.63) is 91.8 Å². The van der Waals surface area contributed by atoms with Crippen LogP contribution < -0.4 is 0 Å². The molecule has 4 rings (SSSR count). The first-order chi connectivity index (χ1) is 12.6. The van der Waals surface area contributed by atoms with E-state index in [1.54, 1.807) is 0 Å². The van der Waals surface area contributed by atoms with E-state index < -0.39 is 0 Å². The van der Waals surface area contributed by atoms with Crippen molar-refractivity contribution in [3.63, 3.8) is 0 Å². The minimum atomic E-state index is 0.0202. The van der Waals surface area contributed by atoms with Gasteiger partial charge in [-0.2, -0.15) is 0 Å². The Balaban J connectivity index is 1.79. The van der Waals surface area contributed by atoms with Crippen LogP contribution in [0.15, 0.2) is 60.7 Å². The van der Waals surface area contributed by atoms with Gasteiger partial charge in [0.2, 0.25) is 0 Å². The van der Waals surface area contributed by atoms with Gasteiger partial charge in [-0.05, 0) is 0 Å². The first kappa shape index (κ1) is 17.5. The molecule has 2 aromatic heterocycles. The summed E-state index contributed by atoms with van der Waals surface area (Å²) in [4.78, 5) is 25.8. The van der Waals surface area contributed by atoms with Crippen LogP contribution in [0, 0.1) is 13.8 Å². The van der Waals surface area contributed by atoms with E-state index in [-0.39, 0.29) is 40.6 Å². The van der Waals surface area contributed by atoms with E-state index in [2.05, 4.69) is 0 Å². The molecule has 0 amide bonds. The van der Waals surface area contributed by atoms with Crippen LogP contribution in [-0.4, -0.2) is 40.6 Å². The Bertz CT molecular complexity index is 1030. The Hall–Kier alpha value is -1.96. The van der Waals surface area contributed by atoms with Gasteiger partial charge in [-0.25, -0.2) is 0 Å². The zero-order valence-electron chi connectivity index (χ0n) is 14.4. The molecule has 0 aliphatic carbocycles. The van der Waals surface area contributed by atoms with Gasteiger partial charge in [0.05, 0.1) is 0 Å². The number of hydrogen-bond donors (Lipinski definition) is 0. The molecule has 0 N–H and O–H groups in total. The van der Waals surface area contributed by atoms with Crippen molar-refractivity contribution in [1.82, 2.24) is 0 Å². The topological polar surface area (TPSA) is 34.1 Å². The van der Waals surface area contributed by atoms with E-state index in [9.17, 15) is 9.59 Å². The zero-order valence-corrected chi connectivity index (χ0v) is 17.8. The molecule has 0 aliphatic heterocycles. The molecule has 4 heteroatoms. The predicted molar refractivity (Wildman–Crippen MR) is 107 cm³/mol. The van der Waals surface area contributed by atoms with Crippen molar-refractivity contribution in [2.45, 2.75) is 13.8 Å². The molecule has 2 aromatic carbocycles. The van der Waals surface area contributed by atoms with Gasteiger partial charge in [0.15, 0.2) is 0 Å². The zero-order chi connectivity index (χ0) is 18.3. The van der Waals surface area contributed by atoms with E-state index in [0.717, 1.165) is 31.1 Å². The van der Waals surface area contributed by atoms with Crippen LogP contribution >= 0.6 is 0 Å². The Morgan fingerprint density at radius 2 is 1.04 bits per heavy atom. The summed E-state index contributed by atoms with van der Waals surface area (Å²) in [6.07, 6.45) is 0. The fourth-order valence-electron chi connectivity index (χ4n) is 3.15. The monoisotopic (exact) mass is 472 g/mol. The van der Waals surface area contributed by atoms with Crippen molar-refractivity contribution in [2.75, 3.05) is 0 Å². The second kappa shape index (κ2) is 6.98. The minimum absolute atomic E-state index is 0.0202. The molecule has 0 saturated heterocycles. The van der Waals surface area contributed by atoms with Gasteiger partial charge in [0, 0.05) is 0 Å². The summed E-state index contributed by atoms with van der Waals surface area (Å²) < 4.78 is 3.22. The van der Waals surface area contributed by atoms with Gasteiger partial charge in [-0.3, -0.25) is 0 Å². The van der Waals surface area contributed by atoms with Crippen LogP contribution in [0.1, 0.15) is 40.7 Å². The van der Waals surface area contributed by atoms with Crippen molar-refractivity contribution >= 4 is 49.1 Å². The molecule has 0 radical (unpaired) electrons. The number of benzene rings is 2. The Morgan fingerprint density at radius 1 is 0.654 bits per heavy atom. The normalized spacial score (nSPS) is 11.0. The molecule has 4 aromatic rings. The van der Waals surface area contributed by atoms with E-state index in [4.69, 9.17) is 0 Å². The van der Waals surface area contributed by atoms with Crippen molar-refractivity contribution in [1.29, 1.82) is 0 Å². The van der Waals surface area contributed by atoms with E-state index >= 15 is 0 Å². The third-order valence-corrected chi connectivity index (χ3v) is 10.9. The third-order valence-electron chi connectivity index (χ3n) is 4.51. The van der Waals surface area contributed by atoms with Gasteiger partial charge in [0.1, 0.15) is 0 Å². The van der Waals surface area contributed by atoms with Crippen LogP contribution in [0.25, 0.3) is 8.52 Å². The standard InChI is InChI=1S/C22H16O2Se2/c1-13-17-14(2)21(19(24)16-11-7-4-8-12-16)26-22(17)25-20(13)18(23)15-9-5-3-6-10-15/h3-12H,1-2H3. The van der Waals surface area contributed by atoms with Gasteiger partial charge in [0.25, 0.3) is 0 Å². The second-order valence-electron chi connectivity index (χ2n) is 6.17. The van der Waals surface area contributed by atoms with Crippen LogP contribution in [0.2, 0.25) is 0 Å². The number of fused-ring (bicyclic) bond motifs is 1. The van der Waals surface area contributed by atoms with Crippen LogP contribution in [-0.2, 0) is 0 Å². The maximum atomic E-state index is 12.9. The second-order valence-corrected chi connectivity index (χ2v) is 11.8. The van der Waals surface area contributed by atoms with Gasteiger partial charge >= 0.3 is 164 Å². The fraction of sp³-hybridized carbons (Fsp3) is 0.0909. The Morgan fingerprint density at radius 3 is 1.38 bits per heavy atom. The molecule has 0 aliphatic rings. The molecule has 26 heavy (non-hydrogen) atoms. The molecule has 0 unspecified atom stereocenters. The van der Waals surface area contributed by atoms with Gasteiger partial charge in [-0.15, -0.1) is 0 Å². The summed E-state index contributed by atoms with van der Waals surface area (Å²) in [7, 11) is 0. The first-order valence-corrected chi connectivity index (χ1v) is 11.7. The van der Waals surface area contributed by atoms with Crippen molar-refractivity contribution in [2.24, 2.45) is 0 Å². The fourth-order valence-corrected chi connectivity index (χ4v) is 9.95. The van der Waals surface area contributed by atoms with Crippen LogP contribution in [0.5, 0.6) is 0 Å². The molecule has 2 nitrogen and oxygen atoms in total. The molecule has 0 saturated carbocycles. The van der Waals surface area contributed by atoms with E-state index in [1.165, 1.54) is 8.52 Å². The summed E-state index contributed by atoms with van der Waals surface area (Å²) in [6, 6.07) is 19.0. The average molecular weight is 470 g/mol. The number of ketones is 2. The number of carbonyl (C=O) groups is 2. The maximum absolute atomic E-state index is 12.9. The van der Waals surface area contributed by atoms with Crippen molar-refractivity contribution < 1.29 is 9.59 Å². The molecule has 2 heterocycles. The molecule has 0 spiro atoms. The molecule has 0 fully saturated rings. The quantitative estimate of drug-likeness (QED) is 0.334. The van der Waals surface area contributed by atoms with E-state index in [1.807, 2.05) is 74.5 Å². The molecule has 0 bridgehead atoms. The summed E-state index contributed by atoms with van der Waals surface area (Å²) in [5, 5.41) is 1.18. The summed E-state index contributed by atoms with van der Waals surface area (Å²) >= 11 is 0.0403. The predicted octanol–water partition coefficient (Wildman–Crippen LogP) is 4.03. The van der Waals surface area contributed by atoms with Crippen LogP contribution in [0.4, 0.5) is 0 Å². The van der Waals surface area contributed by atoms with Gasteiger partial charge < -0.3 is 0 Å². The number of carbonyl (C=O) groups excluding carboxylic acids is 2. The Labute approximate surface area is 164 Å². The average Bonchev–Trinajstić information content (AvgIpc) is 3.19. The summed E-state index contributed by atoms with van der Waals surface area (Å²) in [6.45, 7) is 4.07. The number of hydrogen-bond acceptors (Lipinski definition) is 2. The molecule has 128 valence electrons. The molecular weight excluding hydrogens is 454 g/mol.